The molecule has 0 unspecified atom stereocenters. The lowest BCUT2D eigenvalue weighted by atomic mass is 9.93. The Hall–Kier alpha value is -4.77. The molecule has 50 heavy (non-hydrogen) atoms. The maximum atomic E-state index is 13.7. The van der Waals surface area contributed by atoms with E-state index in [0.29, 0.717) is 40.0 Å². The third-order valence-corrected chi connectivity index (χ3v) is 9.41. The second-order valence-electron chi connectivity index (χ2n) is 13.5. The number of aromatic nitrogens is 6. The maximum Gasteiger partial charge on any atom is 0.407 e. The number of piperidine rings is 1. The number of alkyl carbamates (subject to hydrolysis) is 1. The smallest absolute Gasteiger partial charge is 0.407 e. The number of carbonyl (C=O) groups excluding carboxylic acids is 2. The van der Waals surface area contributed by atoms with Crippen molar-refractivity contribution in [3.63, 3.8) is 0 Å². The van der Waals surface area contributed by atoms with E-state index in [1.54, 1.807) is 16.8 Å². The van der Waals surface area contributed by atoms with E-state index >= 15 is 0 Å². The molecule has 0 radical (unpaired) electrons. The molecule has 5 N–H and O–H groups in total. The highest BCUT2D eigenvalue weighted by atomic mass is 32.1. The number of hydrogen-bond acceptors (Lipinski definition) is 14. The third-order valence-electron chi connectivity index (χ3n) is 8.46. The van der Waals surface area contributed by atoms with Crippen molar-refractivity contribution < 1.29 is 28.9 Å². The molecular weight excluding hydrogens is 664 g/mol. The van der Waals surface area contributed by atoms with E-state index in [1.165, 1.54) is 17.7 Å². The Morgan fingerprint density at radius 2 is 1.90 bits per heavy atom. The molecule has 2 amide bonds. The predicted molar refractivity (Wildman–Crippen MR) is 187 cm³/mol. The predicted octanol–water partition coefficient (Wildman–Crippen LogP) is 3.52. The number of nitrogens with zero attached hydrogens (tertiary/aromatic N) is 7. The van der Waals surface area contributed by atoms with Crippen molar-refractivity contribution in [2.24, 2.45) is 0 Å². The molecule has 0 spiro atoms. The minimum absolute atomic E-state index is 0.0131. The first-order chi connectivity index (χ1) is 24.0. The van der Waals surface area contributed by atoms with Crippen LogP contribution in [0, 0.1) is 6.92 Å². The van der Waals surface area contributed by atoms with Crippen LogP contribution >= 0.6 is 11.3 Å². The monoisotopic (exact) mass is 708 g/mol. The van der Waals surface area contributed by atoms with Crippen LogP contribution < -0.4 is 30.7 Å². The lowest BCUT2D eigenvalue weighted by Crippen LogP contribution is -2.47. The van der Waals surface area contributed by atoms with Crippen molar-refractivity contribution in [1.82, 2.24) is 40.2 Å². The van der Waals surface area contributed by atoms with Gasteiger partial charge < -0.3 is 40.6 Å². The van der Waals surface area contributed by atoms with Gasteiger partial charge in [-0.25, -0.2) is 24.3 Å². The van der Waals surface area contributed by atoms with Crippen LogP contribution in [0.15, 0.2) is 24.7 Å². The number of rotatable bonds is 10. The van der Waals surface area contributed by atoms with Crippen LogP contribution in [0.2, 0.25) is 0 Å². The first-order valence-corrected chi connectivity index (χ1v) is 17.7. The van der Waals surface area contributed by atoms with Gasteiger partial charge in [-0.3, -0.25) is 4.79 Å². The van der Waals surface area contributed by atoms with Gasteiger partial charge in [-0.1, -0.05) is 0 Å². The molecule has 0 bridgehead atoms. The SMILES string of the molecule is Cc1nc(OC2CCC(NC(=O)OC(C)(C)C)CC2)c(C(=O)N[C@@H]2CCCN(c3cc(-c4ccnc(OCCO)n4)n4ncnc(N)c34)C2)s1. The summed E-state index contributed by atoms with van der Waals surface area (Å²) in [6, 6.07) is 3.71. The average molecular weight is 709 g/mol. The maximum absolute atomic E-state index is 13.7. The Morgan fingerprint density at radius 3 is 2.66 bits per heavy atom. The molecule has 1 aliphatic heterocycles. The zero-order chi connectivity index (χ0) is 35.4. The molecule has 1 saturated carbocycles. The molecule has 5 heterocycles. The summed E-state index contributed by atoms with van der Waals surface area (Å²) in [7, 11) is 0. The van der Waals surface area contributed by atoms with E-state index in [1.807, 2.05) is 33.8 Å². The number of hydrogen-bond donors (Lipinski definition) is 4. The van der Waals surface area contributed by atoms with Crippen LogP contribution in [-0.4, -0.2) is 96.7 Å². The van der Waals surface area contributed by atoms with Gasteiger partial charge in [0.15, 0.2) is 10.7 Å². The van der Waals surface area contributed by atoms with Crippen LogP contribution in [-0.2, 0) is 4.74 Å². The zero-order valence-corrected chi connectivity index (χ0v) is 29.5. The molecular formula is C33H44N10O6S. The number of thiazole rings is 1. The Balaban J connectivity index is 1.12. The standard InChI is InChI=1S/C33H44N10O6S/c1-19-38-30(48-22-9-7-20(8-10-22)40-32(46)49-33(2,3)4)27(50-19)29(45)39-21-6-5-13-42(17-21)25-16-24(43-26(25)28(34)36-18-37-43)23-11-12-35-31(41-23)47-15-14-44/h11-12,16,18,20-22,44H,5-10,13-15,17H2,1-4H3,(H,39,45)(H,40,46)(H2,34,36,37)/t20?,21-,22?/m1/s1. The number of aliphatic hydroxyl groups is 1. The summed E-state index contributed by atoms with van der Waals surface area (Å²) in [5.74, 6) is 0.440. The van der Waals surface area contributed by atoms with Gasteiger partial charge >= 0.3 is 12.1 Å². The summed E-state index contributed by atoms with van der Waals surface area (Å²) in [5, 5.41) is 20.5. The lowest BCUT2D eigenvalue weighted by Gasteiger charge is -2.34. The summed E-state index contributed by atoms with van der Waals surface area (Å²) >= 11 is 1.31. The van der Waals surface area contributed by atoms with E-state index in [0.717, 1.165) is 55.8 Å². The number of nitrogens with one attached hydrogen (secondary N) is 2. The van der Waals surface area contributed by atoms with E-state index in [-0.39, 0.29) is 43.3 Å². The molecule has 268 valence electrons. The van der Waals surface area contributed by atoms with Gasteiger partial charge in [-0.05, 0) is 78.4 Å². The molecule has 0 aromatic carbocycles. The van der Waals surface area contributed by atoms with E-state index in [2.05, 4.69) is 40.6 Å². The Labute approximate surface area is 293 Å². The summed E-state index contributed by atoms with van der Waals surface area (Å²) in [6.07, 6.45) is 7.03. The Morgan fingerprint density at radius 1 is 1.10 bits per heavy atom. The number of ether oxygens (including phenoxy) is 3. The minimum atomic E-state index is -0.552. The van der Waals surface area contributed by atoms with Gasteiger partial charge in [-0.2, -0.15) is 10.1 Å². The highest BCUT2D eigenvalue weighted by Crippen LogP contribution is 2.35. The summed E-state index contributed by atoms with van der Waals surface area (Å²) in [4.78, 5) is 46.0. The Bertz CT molecular complexity index is 1820. The van der Waals surface area contributed by atoms with Gasteiger partial charge in [0.1, 0.15) is 30.2 Å². The second kappa shape index (κ2) is 15.0. The quantitative estimate of drug-likeness (QED) is 0.186. The number of anilines is 2. The largest absolute Gasteiger partial charge is 0.473 e. The van der Waals surface area contributed by atoms with Crippen LogP contribution in [0.4, 0.5) is 16.3 Å². The van der Waals surface area contributed by atoms with Gasteiger partial charge in [0.2, 0.25) is 5.88 Å². The molecule has 16 nitrogen and oxygen atoms in total. The van der Waals surface area contributed by atoms with Crippen molar-refractivity contribution in [1.29, 1.82) is 0 Å². The first kappa shape index (κ1) is 35.1. The minimum Gasteiger partial charge on any atom is -0.473 e. The highest BCUT2D eigenvalue weighted by molar-refractivity contribution is 7.13. The van der Waals surface area contributed by atoms with Crippen LogP contribution in [0.5, 0.6) is 11.9 Å². The summed E-state index contributed by atoms with van der Waals surface area (Å²) < 4.78 is 18.8. The molecule has 17 heteroatoms. The topological polar surface area (TPSA) is 204 Å². The van der Waals surface area contributed by atoms with Gasteiger partial charge in [0, 0.05) is 31.4 Å². The van der Waals surface area contributed by atoms with Crippen LogP contribution in [0.1, 0.15) is 74.0 Å². The van der Waals surface area contributed by atoms with E-state index in [9.17, 15) is 9.59 Å². The molecule has 1 saturated heterocycles. The molecule has 1 atom stereocenters. The average Bonchev–Trinajstić information content (AvgIpc) is 3.65. The van der Waals surface area contributed by atoms with Crippen LogP contribution in [0.3, 0.4) is 0 Å². The number of aliphatic hydroxyl groups excluding tert-OH is 1. The fourth-order valence-electron chi connectivity index (χ4n) is 6.31. The van der Waals surface area contributed by atoms with Gasteiger partial charge in [0.05, 0.1) is 28.7 Å². The molecule has 1 aliphatic carbocycles. The Kier molecular flexibility index (Phi) is 10.5. The van der Waals surface area contributed by atoms with Crippen molar-refractivity contribution >= 4 is 40.4 Å². The number of nitrogens with two attached hydrogens (primary N) is 1. The third kappa shape index (κ3) is 8.33. The highest BCUT2D eigenvalue weighted by Gasteiger charge is 2.31. The fourth-order valence-corrected chi connectivity index (χ4v) is 7.07. The molecule has 4 aromatic heterocycles. The zero-order valence-electron chi connectivity index (χ0n) is 28.7. The molecule has 6 rings (SSSR count). The van der Waals surface area contributed by atoms with Crippen molar-refractivity contribution in [2.45, 2.75) is 90.0 Å². The fraction of sp³-hybridized carbons (Fsp3) is 0.545. The number of carbonyl (C=O) groups is 2. The van der Waals surface area contributed by atoms with Crippen molar-refractivity contribution in [3.05, 3.63) is 34.5 Å². The molecule has 2 aliphatic rings. The number of fused-ring (bicyclic) bond motifs is 1. The first-order valence-electron chi connectivity index (χ1n) is 16.9. The van der Waals surface area contributed by atoms with Gasteiger partial charge in [0.25, 0.3) is 5.91 Å². The van der Waals surface area contributed by atoms with Gasteiger partial charge in [-0.15, -0.1) is 11.3 Å². The van der Waals surface area contributed by atoms with E-state index < -0.39 is 11.7 Å². The summed E-state index contributed by atoms with van der Waals surface area (Å²) in [6.45, 7) is 8.58. The second-order valence-corrected chi connectivity index (χ2v) is 14.7. The lowest BCUT2D eigenvalue weighted by molar-refractivity contribution is 0.0468. The number of nitrogen functional groups attached to an aromatic ring is 1. The van der Waals surface area contributed by atoms with Crippen LogP contribution in [0.25, 0.3) is 16.9 Å². The van der Waals surface area contributed by atoms with Crippen molar-refractivity contribution in [3.8, 4) is 23.3 Å². The molecule has 4 aromatic rings. The number of amides is 2. The normalized spacial score (nSPS) is 19.6. The van der Waals surface area contributed by atoms with Crippen molar-refractivity contribution in [2.75, 3.05) is 36.9 Å². The number of aryl methyl sites for hydroxylation is 1. The summed E-state index contributed by atoms with van der Waals surface area (Å²) in [5.41, 5.74) is 8.53. The molecule has 2 fully saturated rings. The van der Waals surface area contributed by atoms with E-state index in [4.69, 9.17) is 25.1 Å².